The lowest BCUT2D eigenvalue weighted by atomic mass is 9.98. The molecule has 0 spiro atoms. The average Bonchev–Trinajstić information content (AvgIpc) is 2.95. The van der Waals surface area contributed by atoms with Crippen LogP contribution in [0.2, 0.25) is 0 Å². The Morgan fingerprint density at radius 2 is 2.10 bits per heavy atom. The van der Waals surface area contributed by atoms with Gasteiger partial charge in [-0.15, -0.1) is 10.2 Å². The van der Waals surface area contributed by atoms with Crippen LogP contribution in [0.5, 0.6) is 0 Å². The molecule has 2 aromatic heterocycles. The summed E-state index contributed by atoms with van der Waals surface area (Å²) in [5, 5.41) is 12.1. The van der Waals surface area contributed by atoms with Crippen molar-refractivity contribution in [2.24, 2.45) is 0 Å². The van der Waals surface area contributed by atoms with Gasteiger partial charge in [-0.1, -0.05) is 32.1 Å². The van der Waals surface area contributed by atoms with Crippen molar-refractivity contribution < 1.29 is 9.21 Å². The number of nitrogens with one attached hydrogen (secondary N) is 1. The molecule has 0 saturated carbocycles. The maximum absolute atomic E-state index is 11.8. The normalized spacial score (nSPS) is 12.0. The zero-order valence-electron chi connectivity index (χ0n) is 11.9. The van der Waals surface area contributed by atoms with E-state index >= 15 is 0 Å². The number of furan rings is 1. The molecule has 20 heavy (non-hydrogen) atoms. The highest BCUT2D eigenvalue weighted by Crippen LogP contribution is 2.27. The molecule has 0 aliphatic heterocycles. The van der Waals surface area contributed by atoms with Crippen LogP contribution in [-0.4, -0.2) is 16.1 Å². The van der Waals surface area contributed by atoms with E-state index in [-0.39, 0.29) is 11.3 Å². The topological polar surface area (TPSA) is 68.0 Å². The van der Waals surface area contributed by atoms with Gasteiger partial charge < -0.3 is 4.42 Å². The lowest BCUT2D eigenvalue weighted by Crippen LogP contribution is -2.10. The molecular formula is C14H17N3O2S. The van der Waals surface area contributed by atoms with Crippen LogP contribution in [0.4, 0.5) is 5.13 Å². The van der Waals surface area contributed by atoms with Crippen LogP contribution in [0, 0.1) is 6.92 Å². The number of aromatic nitrogens is 2. The Bertz CT molecular complexity index is 635. The first-order valence-electron chi connectivity index (χ1n) is 6.24. The zero-order chi connectivity index (χ0) is 14.8. The highest BCUT2D eigenvalue weighted by atomic mass is 32.1. The maximum atomic E-state index is 11.8. The van der Waals surface area contributed by atoms with Gasteiger partial charge in [-0.3, -0.25) is 10.1 Å². The molecule has 1 N–H and O–H groups in total. The van der Waals surface area contributed by atoms with Crippen molar-refractivity contribution in [3.63, 3.8) is 0 Å². The molecule has 0 fully saturated rings. The molecule has 0 aromatic carbocycles. The number of carbonyl (C=O) groups excluding carboxylic acids is 1. The van der Waals surface area contributed by atoms with E-state index in [0.717, 1.165) is 10.8 Å². The van der Waals surface area contributed by atoms with Gasteiger partial charge in [0.15, 0.2) is 0 Å². The predicted molar refractivity (Wildman–Crippen MR) is 79.7 cm³/mol. The molecule has 2 rings (SSSR count). The van der Waals surface area contributed by atoms with Gasteiger partial charge in [0, 0.05) is 11.5 Å². The van der Waals surface area contributed by atoms with Gasteiger partial charge in [0.2, 0.25) is 11.0 Å². The molecule has 0 aliphatic carbocycles. The van der Waals surface area contributed by atoms with Crippen LogP contribution in [0.25, 0.3) is 6.08 Å². The fraction of sp³-hybridized carbons (Fsp3) is 0.357. The minimum absolute atomic E-state index is 0.0673. The number of carbonyl (C=O) groups is 1. The molecule has 5 nitrogen and oxygen atoms in total. The Morgan fingerprint density at radius 1 is 1.35 bits per heavy atom. The summed E-state index contributed by atoms with van der Waals surface area (Å²) >= 11 is 1.38. The largest absolute Gasteiger partial charge is 0.462 e. The lowest BCUT2D eigenvalue weighted by molar-refractivity contribution is -0.111. The molecule has 0 aliphatic rings. The maximum Gasteiger partial charge on any atom is 0.250 e. The minimum Gasteiger partial charge on any atom is -0.462 e. The minimum atomic E-state index is -0.254. The highest BCUT2D eigenvalue weighted by molar-refractivity contribution is 7.15. The van der Waals surface area contributed by atoms with E-state index in [1.807, 2.05) is 19.1 Å². The van der Waals surface area contributed by atoms with Gasteiger partial charge in [-0.2, -0.15) is 0 Å². The second kappa shape index (κ2) is 5.58. The Balaban J connectivity index is 1.98. The van der Waals surface area contributed by atoms with Crippen molar-refractivity contribution in [3.8, 4) is 0 Å². The number of nitrogens with zero attached hydrogens (tertiary/aromatic N) is 2. The van der Waals surface area contributed by atoms with Crippen LogP contribution >= 0.6 is 11.3 Å². The van der Waals surface area contributed by atoms with Crippen LogP contribution in [0.15, 0.2) is 22.6 Å². The summed E-state index contributed by atoms with van der Waals surface area (Å²) < 4.78 is 5.34. The number of rotatable bonds is 3. The first-order valence-corrected chi connectivity index (χ1v) is 7.06. The molecule has 0 unspecified atom stereocenters. The first-order chi connectivity index (χ1) is 9.34. The lowest BCUT2D eigenvalue weighted by Gasteiger charge is -2.12. The Morgan fingerprint density at radius 3 is 2.65 bits per heavy atom. The fourth-order valence-electron chi connectivity index (χ4n) is 1.42. The summed E-state index contributed by atoms with van der Waals surface area (Å²) in [6, 6.07) is 3.65. The molecular weight excluding hydrogens is 274 g/mol. The second-order valence-electron chi connectivity index (χ2n) is 5.43. The SMILES string of the molecule is Cc1ccc(C=CC(=O)Nc2nnc(C(C)(C)C)s2)o1. The first kappa shape index (κ1) is 14.5. The van der Waals surface area contributed by atoms with E-state index in [1.165, 1.54) is 17.4 Å². The van der Waals surface area contributed by atoms with E-state index < -0.39 is 0 Å². The Labute approximate surface area is 121 Å². The number of hydrogen-bond acceptors (Lipinski definition) is 5. The molecule has 6 heteroatoms. The standard InChI is InChI=1S/C14H17N3O2S/c1-9-5-6-10(19-9)7-8-11(18)15-13-17-16-12(20-13)14(2,3)4/h5-8H,1-4H3,(H,15,17,18). The quantitative estimate of drug-likeness (QED) is 0.880. The smallest absolute Gasteiger partial charge is 0.250 e. The van der Waals surface area contributed by atoms with E-state index in [9.17, 15) is 4.79 Å². The van der Waals surface area contributed by atoms with Crippen molar-refractivity contribution in [2.45, 2.75) is 33.1 Å². The number of hydrogen-bond donors (Lipinski definition) is 1. The van der Waals surface area contributed by atoms with Crippen LogP contribution in [-0.2, 0) is 10.2 Å². The van der Waals surface area contributed by atoms with Gasteiger partial charge in [-0.25, -0.2) is 0 Å². The van der Waals surface area contributed by atoms with Crippen molar-refractivity contribution in [3.05, 3.63) is 34.7 Å². The summed E-state index contributed by atoms with van der Waals surface area (Å²) in [5.41, 5.74) is -0.0673. The van der Waals surface area contributed by atoms with E-state index in [1.54, 1.807) is 6.08 Å². The molecule has 0 atom stereocenters. The second-order valence-corrected chi connectivity index (χ2v) is 6.41. The average molecular weight is 291 g/mol. The molecule has 0 radical (unpaired) electrons. The Hall–Kier alpha value is -1.95. The van der Waals surface area contributed by atoms with Crippen molar-refractivity contribution >= 4 is 28.5 Å². The summed E-state index contributed by atoms with van der Waals surface area (Å²) in [5.74, 6) is 1.20. The summed E-state index contributed by atoms with van der Waals surface area (Å²) in [4.78, 5) is 11.8. The van der Waals surface area contributed by atoms with E-state index in [0.29, 0.717) is 10.9 Å². The van der Waals surface area contributed by atoms with Gasteiger partial charge >= 0.3 is 0 Å². The number of aryl methyl sites for hydroxylation is 1. The van der Waals surface area contributed by atoms with E-state index in [2.05, 4.69) is 36.3 Å². The third-order valence-corrected chi connectivity index (χ3v) is 3.72. The van der Waals surface area contributed by atoms with Gasteiger partial charge in [0.05, 0.1) is 0 Å². The molecule has 0 saturated heterocycles. The van der Waals surface area contributed by atoms with Crippen LogP contribution in [0.3, 0.4) is 0 Å². The molecule has 106 valence electrons. The van der Waals surface area contributed by atoms with Crippen molar-refractivity contribution in [1.29, 1.82) is 0 Å². The number of amides is 1. The van der Waals surface area contributed by atoms with Crippen LogP contribution < -0.4 is 5.32 Å². The summed E-state index contributed by atoms with van der Waals surface area (Å²) in [6.45, 7) is 8.02. The zero-order valence-corrected chi connectivity index (χ0v) is 12.7. The van der Waals surface area contributed by atoms with Crippen molar-refractivity contribution in [2.75, 3.05) is 5.32 Å². The molecule has 1 amide bonds. The third kappa shape index (κ3) is 3.77. The Kier molecular flexibility index (Phi) is 4.04. The number of anilines is 1. The highest BCUT2D eigenvalue weighted by Gasteiger charge is 2.19. The molecule has 2 aromatic rings. The predicted octanol–water partition coefficient (Wildman–Crippen LogP) is 3.39. The molecule has 0 bridgehead atoms. The summed E-state index contributed by atoms with van der Waals surface area (Å²) in [6.07, 6.45) is 3.03. The monoisotopic (exact) mass is 291 g/mol. The summed E-state index contributed by atoms with van der Waals surface area (Å²) in [7, 11) is 0. The van der Waals surface area contributed by atoms with E-state index in [4.69, 9.17) is 4.42 Å². The van der Waals surface area contributed by atoms with Crippen LogP contribution in [0.1, 0.15) is 37.3 Å². The fourth-order valence-corrected chi connectivity index (χ4v) is 2.23. The van der Waals surface area contributed by atoms with Gasteiger partial charge in [0.25, 0.3) is 0 Å². The molecule has 2 heterocycles. The van der Waals surface area contributed by atoms with Gasteiger partial charge in [-0.05, 0) is 25.1 Å². The van der Waals surface area contributed by atoms with Crippen molar-refractivity contribution in [1.82, 2.24) is 10.2 Å². The third-order valence-electron chi connectivity index (χ3n) is 2.46. The van der Waals surface area contributed by atoms with Gasteiger partial charge in [0.1, 0.15) is 16.5 Å².